The molecule has 1 aromatic rings. The Bertz CT molecular complexity index is 390. The minimum Gasteiger partial charge on any atom is -0.302 e. The standard InChI is InChI=1S/C18H28BrN/c1-16-7-9-17(10-8-16)13-20(2)15-18(14-19)11-5-3-4-6-12-18/h7-10H,3-6,11-15H2,1-2H3. The highest BCUT2D eigenvalue weighted by Crippen LogP contribution is 2.37. The maximum atomic E-state index is 3.80. The van der Waals surface area contributed by atoms with Gasteiger partial charge in [-0.05, 0) is 37.8 Å². The first-order valence-electron chi connectivity index (χ1n) is 7.94. The van der Waals surface area contributed by atoms with E-state index in [9.17, 15) is 0 Å². The molecule has 0 unspecified atom stereocenters. The Morgan fingerprint density at radius 3 is 2.20 bits per heavy atom. The van der Waals surface area contributed by atoms with E-state index in [4.69, 9.17) is 0 Å². The van der Waals surface area contributed by atoms with Gasteiger partial charge in [-0.25, -0.2) is 0 Å². The van der Waals surface area contributed by atoms with Crippen LogP contribution >= 0.6 is 15.9 Å². The maximum absolute atomic E-state index is 3.80. The van der Waals surface area contributed by atoms with Crippen molar-refractivity contribution in [1.29, 1.82) is 0 Å². The summed E-state index contributed by atoms with van der Waals surface area (Å²) in [6, 6.07) is 8.96. The van der Waals surface area contributed by atoms with Crippen LogP contribution in [0.5, 0.6) is 0 Å². The second-order valence-electron chi connectivity index (χ2n) is 6.71. The van der Waals surface area contributed by atoms with Crippen LogP contribution in [0.15, 0.2) is 24.3 Å². The van der Waals surface area contributed by atoms with Gasteiger partial charge in [0, 0.05) is 18.4 Å². The zero-order chi connectivity index (χ0) is 14.4. The largest absolute Gasteiger partial charge is 0.302 e. The third kappa shape index (κ3) is 4.60. The van der Waals surface area contributed by atoms with Crippen LogP contribution < -0.4 is 0 Å². The predicted molar refractivity (Wildman–Crippen MR) is 91.4 cm³/mol. The van der Waals surface area contributed by atoms with E-state index in [-0.39, 0.29) is 0 Å². The zero-order valence-electron chi connectivity index (χ0n) is 13.0. The summed E-state index contributed by atoms with van der Waals surface area (Å²) in [5.74, 6) is 0. The van der Waals surface area contributed by atoms with Crippen molar-refractivity contribution in [3.05, 3.63) is 35.4 Å². The average Bonchev–Trinajstić information content (AvgIpc) is 2.67. The minimum atomic E-state index is 0.496. The highest BCUT2D eigenvalue weighted by molar-refractivity contribution is 9.09. The fraction of sp³-hybridized carbons (Fsp3) is 0.667. The second-order valence-corrected chi connectivity index (χ2v) is 7.27. The average molecular weight is 338 g/mol. The summed E-state index contributed by atoms with van der Waals surface area (Å²) in [4.78, 5) is 2.51. The lowest BCUT2D eigenvalue weighted by Crippen LogP contribution is -2.36. The van der Waals surface area contributed by atoms with Gasteiger partial charge in [-0.2, -0.15) is 0 Å². The van der Waals surface area contributed by atoms with E-state index in [0.717, 1.165) is 11.9 Å². The van der Waals surface area contributed by atoms with Crippen LogP contribution in [-0.4, -0.2) is 23.8 Å². The highest BCUT2D eigenvalue weighted by Gasteiger charge is 2.30. The summed E-state index contributed by atoms with van der Waals surface area (Å²) in [5, 5.41) is 1.15. The van der Waals surface area contributed by atoms with Crippen LogP contribution in [0.3, 0.4) is 0 Å². The van der Waals surface area contributed by atoms with Crippen molar-refractivity contribution in [2.45, 2.75) is 52.0 Å². The quantitative estimate of drug-likeness (QED) is 0.529. The Balaban J connectivity index is 1.94. The van der Waals surface area contributed by atoms with Gasteiger partial charge in [-0.3, -0.25) is 0 Å². The number of benzene rings is 1. The Morgan fingerprint density at radius 2 is 1.65 bits per heavy atom. The molecule has 0 heterocycles. The van der Waals surface area contributed by atoms with Gasteiger partial charge in [-0.1, -0.05) is 71.4 Å². The lowest BCUT2D eigenvalue weighted by atomic mass is 9.82. The molecular weight excluding hydrogens is 310 g/mol. The molecule has 112 valence electrons. The van der Waals surface area contributed by atoms with Gasteiger partial charge in [0.15, 0.2) is 0 Å². The zero-order valence-corrected chi connectivity index (χ0v) is 14.6. The smallest absolute Gasteiger partial charge is 0.0230 e. The number of nitrogens with zero attached hydrogens (tertiary/aromatic N) is 1. The molecule has 1 fully saturated rings. The van der Waals surface area contributed by atoms with Gasteiger partial charge in [0.1, 0.15) is 0 Å². The summed E-state index contributed by atoms with van der Waals surface area (Å²) < 4.78 is 0. The molecule has 1 aliphatic rings. The lowest BCUT2D eigenvalue weighted by molar-refractivity contribution is 0.171. The first-order chi connectivity index (χ1) is 9.63. The fourth-order valence-corrected chi connectivity index (χ4v) is 4.18. The SMILES string of the molecule is Cc1ccc(CN(C)CC2(CBr)CCCCCC2)cc1. The molecule has 0 N–H and O–H groups in total. The summed E-state index contributed by atoms with van der Waals surface area (Å²) >= 11 is 3.80. The molecule has 2 heteroatoms. The summed E-state index contributed by atoms with van der Waals surface area (Å²) in [6.45, 7) is 4.43. The van der Waals surface area contributed by atoms with E-state index in [1.165, 1.54) is 56.2 Å². The Morgan fingerprint density at radius 1 is 1.05 bits per heavy atom. The number of alkyl halides is 1. The van der Waals surface area contributed by atoms with Gasteiger partial charge >= 0.3 is 0 Å². The topological polar surface area (TPSA) is 3.24 Å². The number of hydrogen-bond donors (Lipinski definition) is 0. The molecule has 0 aliphatic heterocycles. The van der Waals surface area contributed by atoms with Crippen LogP contribution in [0.1, 0.15) is 49.7 Å². The van der Waals surface area contributed by atoms with Crippen molar-refractivity contribution in [1.82, 2.24) is 4.90 Å². The molecule has 0 atom stereocenters. The molecule has 1 nitrogen and oxygen atoms in total. The molecule has 2 rings (SSSR count). The predicted octanol–water partition coefficient (Wildman–Crippen LogP) is 5.16. The summed E-state index contributed by atoms with van der Waals surface area (Å²) in [6.07, 6.45) is 8.44. The highest BCUT2D eigenvalue weighted by atomic mass is 79.9. The van der Waals surface area contributed by atoms with E-state index in [0.29, 0.717) is 5.41 Å². The summed E-state index contributed by atoms with van der Waals surface area (Å²) in [5.41, 5.74) is 3.27. The van der Waals surface area contributed by atoms with Crippen molar-refractivity contribution >= 4 is 15.9 Å². The molecular formula is C18H28BrN. The van der Waals surface area contributed by atoms with Gasteiger partial charge < -0.3 is 4.90 Å². The maximum Gasteiger partial charge on any atom is 0.0230 e. The van der Waals surface area contributed by atoms with Crippen LogP contribution in [0.4, 0.5) is 0 Å². The molecule has 1 aromatic carbocycles. The van der Waals surface area contributed by atoms with Crippen molar-refractivity contribution in [3.8, 4) is 0 Å². The van der Waals surface area contributed by atoms with Crippen LogP contribution in [0, 0.1) is 12.3 Å². The first-order valence-corrected chi connectivity index (χ1v) is 9.06. The molecule has 0 spiro atoms. The fourth-order valence-electron chi connectivity index (χ4n) is 3.45. The van der Waals surface area contributed by atoms with Crippen molar-refractivity contribution in [3.63, 3.8) is 0 Å². The Hall–Kier alpha value is -0.340. The van der Waals surface area contributed by atoms with Gasteiger partial charge in [0.2, 0.25) is 0 Å². The van der Waals surface area contributed by atoms with Crippen molar-refractivity contribution in [2.24, 2.45) is 5.41 Å². The van der Waals surface area contributed by atoms with Crippen LogP contribution in [-0.2, 0) is 6.54 Å². The molecule has 0 saturated heterocycles. The normalized spacial score (nSPS) is 19.0. The molecule has 1 saturated carbocycles. The third-order valence-corrected chi connectivity index (χ3v) is 5.82. The monoisotopic (exact) mass is 337 g/mol. The van der Waals surface area contributed by atoms with E-state index in [2.05, 4.69) is 59.1 Å². The number of halogens is 1. The third-order valence-electron chi connectivity index (χ3n) is 4.63. The Labute approximate surface area is 132 Å². The lowest BCUT2D eigenvalue weighted by Gasteiger charge is -2.35. The van der Waals surface area contributed by atoms with E-state index >= 15 is 0 Å². The van der Waals surface area contributed by atoms with Crippen LogP contribution in [0.2, 0.25) is 0 Å². The molecule has 1 aliphatic carbocycles. The molecule has 0 bridgehead atoms. The number of aryl methyl sites for hydroxylation is 1. The number of hydrogen-bond acceptors (Lipinski definition) is 1. The van der Waals surface area contributed by atoms with Crippen LogP contribution in [0.25, 0.3) is 0 Å². The van der Waals surface area contributed by atoms with Crippen molar-refractivity contribution < 1.29 is 0 Å². The second kappa shape index (κ2) is 7.61. The molecule has 0 aromatic heterocycles. The van der Waals surface area contributed by atoms with Gasteiger partial charge in [0.25, 0.3) is 0 Å². The van der Waals surface area contributed by atoms with E-state index < -0.39 is 0 Å². The van der Waals surface area contributed by atoms with Crippen molar-refractivity contribution in [2.75, 3.05) is 18.9 Å². The molecule has 20 heavy (non-hydrogen) atoms. The van der Waals surface area contributed by atoms with Gasteiger partial charge in [-0.15, -0.1) is 0 Å². The van der Waals surface area contributed by atoms with E-state index in [1.807, 2.05) is 0 Å². The van der Waals surface area contributed by atoms with E-state index in [1.54, 1.807) is 0 Å². The first kappa shape index (κ1) is 16.0. The number of rotatable bonds is 5. The summed E-state index contributed by atoms with van der Waals surface area (Å²) in [7, 11) is 2.27. The molecule has 0 radical (unpaired) electrons. The Kier molecular flexibility index (Phi) is 6.10. The minimum absolute atomic E-state index is 0.496. The molecule has 0 amide bonds. The van der Waals surface area contributed by atoms with Gasteiger partial charge in [0.05, 0.1) is 0 Å².